The molecule has 3 aliphatic rings. The molecule has 0 unspecified atom stereocenters. The molecule has 3 heterocycles. The standard InChI is InChI=1S/C44H50N6O6/c1-31(51)49-43(35-9-5-3-6-10-35)25-41(45-49)33-13-17-39(18-14-33)55-29-37(53)27-47-21-23-48(24-22-47)28-38(54)30-56-40-19-15-34(16-20-40)42-26-44(50(46-42)32(2)52)36-11-7-4-8-12-36/h3-20,37-38,43-44,53-54H,21-30H2,1-2H3/t37-,38-,43-,44-/m0/s1. The number of carbonyl (C=O) groups is 2. The van der Waals surface area contributed by atoms with E-state index in [0.29, 0.717) is 37.4 Å². The van der Waals surface area contributed by atoms with Crippen LogP contribution in [0.1, 0.15) is 61.0 Å². The minimum Gasteiger partial charge on any atom is -0.491 e. The van der Waals surface area contributed by atoms with Crippen molar-refractivity contribution in [3.05, 3.63) is 131 Å². The lowest BCUT2D eigenvalue weighted by Gasteiger charge is -2.36. The topological polar surface area (TPSA) is 131 Å². The number of ether oxygens (including phenoxy) is 2. The van der Waals surface area contributed by atoms with E-state index in [9.17, 15) is 19.8 Å². The van der Waals surface area contributed by atoms with E-state index in [1.165, 1.54) is 13.8 Å². The van der Waals surface area contributed by atoms with Crippen molar-refractivity contribution in [2.45, 2.75) is 51.0 Å². The summed E-state index contributed by atoms with van der Waals surface area (Å²) in [6.45, 7) is 7.53. The largest absolute Gasteiger partial charge is 0.491 e. The van der Waals surface area contributed by atoms with E-state index < -0.39 is 12.2 Å². The van der Waals surface area contributed by atoms with Crippen LogP contribution < -0.4 is 9.47 Å². The van der Waals surface area contributed by atoms with E-state index in [1.54, 1.807) is 10.0 Å². The van der Waals surface area contributed by atoms with Gasteiger partial charge in [0.15, 0.2) is 0 Å². The van der Waals surface area contributed by atoms with E-state index in [0.717, 1.165) is 59.9 Å². The summed E-state index contributed by atoms with van der Waals surface area (Å²) in [4.78, 5) is 29.1. The third kappa shape index (κ3) is 9.69. The number of benzene rings is 4. The second kappa shape index (κ2) is 18.0. The van der Waals surface area contributed by atoms with Gasteiger partial charge in [0.25, 0.3) is 0 Å². The zero-order valence-electron chi connectivity index (χ0n) is 32.0. The number of rotatable bonds is 14. The van der Waals surface area contributed by atoms with Crippen molar-refractivity contribution in [2.24, 2.45) is 10.2 Å². The van der Waals surface area contributed by atoms with Crippen LogP contribution in [0, 0.1) is 0 Å². The molecule has 0 aromatic heterocycles. The van der Waals surface area contributed by atoms with Crippen molar-refractivity contribution in [1.29, 1.82) is 0 Å². The van der Waals surface area contributed by atoms with E-state index in [4.69, 9.17) is 9.47 Å². The van der Waals surface area contributed by atoms with Crippen molar-refractivity contribution < 1.29 is 29.3 Å². The average Bonchev–Trinajstić information content (AvgIpc) is 3.88. The van der Waals surface area contributed by atoms with E-state index in [-0.39, 0.29) is 37.1 Å². The van der Waals surface area contributed by atoms with Crippen LogP contribution in [-0.4, -0.2) is 118 Å². The summed E-state index contributed by atoms with van der Waals surface area (Å²) in [5.41, 5.74) is 5.67. The van der Waals surface area contributed by atoms with Gasteiger partial charge in [0.1, 0.15) is 36.9 Å². The molecule has 0 aliphatic carbocycles. The number of hydrogen-bond donors (Lipinski definition) is 2. The normalized spacial score (nSPS) is 20.0. The molecule has 4 aromatic rings. The fourth-order valence-corrected chi connectivity index (χ4v) is 7.55. The fourth-order valence-electron chi connectivity index (χ4n) is 7.55. The Morgan fingerprint density at radius 1 is 0.589 bits per heavy atom. The van der Waals surface area contributed by atoms with Crippen LogP contribution in [0.3, 0.4) is 0 Å². The predicted octanol–water partition coefficient (Wildman–Crippen LogP) is 4.88. The van der Waals surface area contributed by atoms with Gasteiger partial charge in [-0.05, 0) is 70.8 Å². The molecule has 12 nitrogen and oxygen atoms in total. The molecule has 7 rings (SSSR count). The van der Waals surface area contributed by atoms with Gasteiger partial charge in [-0.2, -0.15) is 10.2 Å². The van der Waals surface area contributed by atoms with Gasteiger partial charge in [-0.3, -0.25) is 19.4 Å². The fraction of sp³-hybridized carbons (Fsp3) is 0.364. The van der Waals surface area contributed by atoms with Crippen LogP contribution in [0.5, 0.6) is 11.5 Å². The summed E-state index contributed by atoms with van der Waals surface area (Å²) in [6, 6.07) is 34.9. The molecule has 0 spiro atoms. The highest BCUT2D eigenvalue weighted by molar-refractivity contribution is 6.04. The molecule has 4 aromatic carbocycles. The first kappa shape index (κ1) is 38.9. The Kier molecular flexibility index (Phi) is 12.5. The molecule has 1 fully saturated rings. The third-order valence-corrected chi connectivity index (χ3v) is 10.5. The van der Waals surface area contributed by atoms with Gasteiger partial charge in [0.05, 0.1) is 23.5 Å². The zero-order chi connectivity index (χ0) is 39.0. The van der Waals surface area contributed by atoms with E-state index in [2.05, 4.69) is 20.0 Å². The Balaban J connectivity index is 0.799. The van der Waals surface area contributed by atoms with Crippen LogP contribution in [0.15, 0.2) is 119 Å². The summed E-state index contributed by atoms with van der Waals surface area (Å²) >= 11 is 0. The molecule has 2 N–H and O–H groups in total. The summed E-state index contributed by atoms with van der Waals surface area (Å²) in [7, 11) is 0. The molecular weight excluding hydrogens is 709 g/mol. The number of β-amino-alcohol motifs (C(OH)–C–C–N with tert-alkyl or cyclic N) is 2. The second-order valence-corrected chi connectivity index (χ2v) is 14.7. The quantitative estimate of drug-likeness (QED) is 0.186. The lowest BCUT2D eigenvalue weighted by molar-refractivity contribution is -0.131. The summed E-state index contributed by atoms with van der Waals surface area (Å²) < 4.78 is 11.8. The zero-order valence-corrected chi connectivity index (χ0v) is 32.0. The monoisotopic (exact) mass is 758 g/mol. The first-order valence-corrected chi connectivity index (χ1v) is 19.3. The number of carbonyl (C=O) groups excluding carboxylic acids is 2. The maximum absolute atomic E-state index is 12.3. The third-order valence-electron chi connectivity index (χ3n) is 10.5. The highest BCUT2D eigenvalue weighted by Gasteiger charge is 2.32. The lowest BCUT2D eigenvalue weighted by Crippen LogP contribution is -2.51. The van der Waals surface area contributed by atoms with Crippen LogP contribution >= 0.6 is 0 Å². The number of aliphatic hydroxyl groups excluding tert-OH is 2. The molecule has 0 saturated carbocycles. The van der Waals surface area contributed by atoms with Gasteiger partial charge in [0, 0.05) is 66.0 Å². The molecule has 2 amide bonds. The molecule has 0 radical (unpaired) electrons. The Bertz CT molecular complexity index is 1840. The van der Waals surface area contributed by atoms with Crippen molar-refractivity contribution in [3.8, 4) is 11.5 Å². The number of nitrogens with zero attached hydrogens (tertiary/aromatic N) is 6. The molecule has 56 heavy (non-hydrogen) atoms. The Morgan fingerprint density at radius 3 is 1.29 bits per heavy atom. The van der Waals surface area contributed by atoms with E-state index >= 15 is 0 Å². The summed E-state index contributed by atoms with van der Waals surface area (Å²) in [5, 5.41) is 33.9. The van der Waals surface area contributed by atoms with Gasteiger partial charge in [-0.25, -0.2) is 10.0 Å². The number of hydrazone groups is 2. The molecule has 3 aliphatic heterocycles. The summed E-state index contributed by atoms with van der Waals surface area (Å²) in [6.07, 6.45) is -0.0358. The van der Waals surface area contributed by atoms with Crippen molar-refractivity contribution in [3.63, 3.8) is 0 Å². The Hall–Kier alpha value is -5.40. The van der Waals surface area contributed by atoms with E-state index in [1.807, 2.05) is 109 Å². The number of aliphatic hydroxyl groups is 2. The highest BCUT2D eigenvalue weighted by atomic mass is 16.5. The highest BCUT2D eigenvalue weighted by Crippen LogP contribution is 2.34. The van der Waals surface area contributed by atoms with Crippen LogP contribution in [0.25, 0.3) is 0 Å². The second-order valence-electron chi connectivity index (χ2n) is 14.7. The molecule has 12 heteroatoms. The summed E-state index contributed by atoms with van der Waals surface area (Å²) in [5.74, 6) is 1.13. The molecule has 0 bridgehead atoms. The molecule has 4 atom stereocenters. The minimum atomic E-state index is -0.652. The lowest BCUT2D eigenvalue weighted by atomic mass is 9.98. The molecular formula is C44H50N6O6. The first-order chi connectivity index (χ1) is 27.2. The van der Waals surface area contributed by atoms with Gasteiger partial charge in [-0.1, -0.05) is 60.7 Å². The molecule has 292 valence electrons. The van der Waals surface area contributed by atoms with Gasteiger partial charge in [0.2, 0.25) is 11.8 Å². The Morgan fingerprint density at radius 2 is 0.946 bits per heavy atom. The number of piperazine rings is 1. The molecule has 1 saturated heterocycles. The van der Waals surface area contributed by atoms with Crippen molar-refractivity contribution >= 4 is 23.2 Å². The Labute approximate surface area is 328 Å². The van der Waals surface area contributed by atoms with Gasteiger partial charge < -0.3 is 19.7 Å². The van der Waals surface area contributed by atoms with Crippen LogP contribution in [0.4, 0.5) is 0 Å². The van der Waals surface area contributed by atoms with Gasteiger partial charge >= 0.3 is 0 Å². The number of amides is 2. The number of hydrogen-bond acceptors (Lipinski definition) is 10. The maximum atomic E-state index is 12.3. The first-order valence-electron chi connectivity index (χ1n) is 19.3. The van der Waals surface area contributed by atoms with Gasteiger partial charge in [-0.15, -0.1) is 0 Å². The average molecular weight is 759 g/mol. The maximum Gasteiger partial charge on any atom is 0.240 e. The van der Waals surface area contributed by atoms with Crippen LogP contribution in [-0.2, 0) is 9.59 Å². The smallest absolute Gasteiger partial charge is 0.240 e. The predicted molar refractivity (Wildman–Crippen MR) is 214 cm³/mol. The van der Waals surface area contributed by atoms with Crippen molar-refractivity contribution in [1.82, 2.24) is 19.8 Å². The SMILES string of the molecule is CC(=O)N1N=C(c2ccc(OC[C@@H](O)CN3CCN(C[C@H](O)COc4ccc(C5=NN(C(C)=O)[C@H](c6ccccc6)C5)cc4)CC3)cc2)C[C@H]1c1ccccc1. The van der Waals surface area contributed by atoms with Crippen LogP contribution in [0.2, 0.25) is 0 Å². The minimum absolute atomic E-state index is 0.0929. The van der Waals surface area contributed by atoms with Crippen molar-refractivity contribution in [2.75, 3.05) is 52.5 Å².